The molecule has 1 unspecified atom stereocenters. The first kappa shape index (κ1) is 15.6. The fourth-order valence-corrected chi connectivity index (χ4v) is 3.38. The van der Waals surface area contributed by atoms with Crippen molar-refractivity contribution in [2.75, 3.05) is 14.2 Å². The summed E-state index contributed by atoms with van der Waals surface area (Å²) in [7, 11) is 3.42. The average Bonchev–Trinajstić information content (AvgIpc) is 2.72. The van der Waals surface area contributed by atoms with Crippen LogP contribution in [0.3, 0.4) is 0 Å². The van der Waals surface area contributed by atoms with Gasteiger partial charge in [-0.05, 0) is 31.0 Å². The lowest BCUT2D eigenvalue weighted by Gasteiger charge is -2.38. The van der Waals surface area contributed by atoms with Crippen molar-refractivity contribution in [1.82, 2.24) is 0 Å². The number of halogens is 1. The van der Waals surface area contributed by atoms with E-state index in [2.05, 4.69) is 0 Å². The highest BCUT2D eigenvalue weighted by Gasteiger charge is 2.39. The second-order valence-corrected chi connectivity index (χ2v) is 5.98. The normalized spacial score (nSPS) is 20.2. The van der Waals surface area contributed by atoms with Crippen molar-refractivity contribution >= 4 is 11.6 Å². The SMILES string of the molecule is COc1ccc(Cl)cc1C(N)C1(OC)CCCCCC1. The molecule has 1 saturated carbocycles. The summed E-state index contributed by atoms with van der Waals surface area (Å²) in [5.74, 6) is 0.780. The molecule has 0 heterocycles. The van der Waals surface area contributed by atoms with Gasteiger partial charge in [0.05, 0.1) is 18.8 Å². The maximum absolute atomic E-state index is 6.57. The van der Waals surface area contributed by atoms with Crippen LogP contribution < -0.4 is 10.5 Å². The number of rotatable bonds is 4. The summed E-state index contributed by atoms with van der Waals surface area (Å²) in [6, 6.07) is 5.37. The molecule has 1 aliphatic carbocycles. The Kier molecular flexibility index (Phi) is 5.30. The highest BCUT2D eigenvalue weighted by atomic mass is 35.5. The summed E-state index contributed by atoms with van der Waals surface area (Å²) < 4.78 is 11.3. The Labute approximate surface area is 126 Å². The van der Waals surface area contributed by atoms with Crippen LogP contribution in [0.4, 0.5) is 0 Å². The Bertz CT molecular complexity index is 442. The Balaban J connectivity index is 2.36. The topological polar surface area (TPSA) is 44.5 Å². The van der Waals surface area contributed by atoms with Gasteiger partial charge in [-0.3, -0.25) is 0 Å². The number of ether oxygens (including phenoxy) is 2. The average molecular weight is 298 g/mol. The summed E-state index contributed by atoms with van der Waals surface area (Å²) in [6.45, 7) is 0. The van der Waals surface area contributed by atoms with Gasteiger partial charge in [0.2, 0.25) is 0 Å². The van der Waals surface area contributed by atoms with Gasteiger partial charge in [-0.25, -0.2) is 0 Å². The zero-order valence-corrected chi connectivity index (χ0v) is 13.1. The van der Waals surface area contributed by atoms with E-state index in [-0.39, 0.29) is 11.6 Å². The zero-order chi connectivity index (χ0) is 14.6. The molecule has 1 aliphatic rings. The molecular weight excluding hydrogens is 274 g/mol. The molecule has 2 N–H and O–H groups in total. The summed E-state index contributed by atoms with van der Waals surface area (Å²) in [5, 5.41) is 0.677. The second kappa shape index (κ2) is 6.79. The van der Waals surface area contributed by atoms with E-state index in [9.17, 15) is 0 Å². The van der Waals surface area contributed by atoms with Crippen molar-refractivity contribution in [1.29, 1.82) is 0 Å². The first-order chi connectivity index (χ1) is 9.63. The molecular formula is C16H24ClNO2. The maximum Gasteiger partial charge on any atom is 0.123 e. The molecule has 1 aromatic rings. The van der Waals surface area contributed by atoms with E-state index in [4.69, 9.17) is 26.8 Å². The van der Waals surface area contributed by atoms with Crippen molar-refractivity contribution < 1.29 is 9.47 Å². The van der Waals surface area contributed by atoms with Crippen molar-refractivity contribution in [2.45, 2.75) is 50.2 Å². The molecule has 0 spiro atoms. The van der Waals surface area contributed by atoms with Crippen LogP contribution in [0.5, 0.6) is 5.75 Å². The highest BCUT2D eigenvalue weighted by Crippen LogP contribution is 2.42. The third kappa shape index (κ3) is 3.11. The fourth-order valence-electron chi connectivity index (χ4n) is 3.20. The van der Waals surface area contributed by atoms with E-state index in [1.165, 1.54) is 12.8 Å². The summed E-state index contributed by atoms with van der Waals surface area (Å²) >= 11 is 6.13. The van der Waals surface area contributed by atoms with Crippen molar-refractivity contribution in [3.05, 3.63) is 28.8 Å². The molecule has 4 heteroatoms. The molecule has 1 atom stereocenters. The van der Waals surface area contributed by atoms with Crippen LogP contribution in [0.1, 0.15) is 50.1 Å². The van der Waals surface area contributed by atoms with Crippen LogP contribution in [0.15, 0.2) is 18.2 Å². The molecule has 0 aromatic heterocycles. The van der Waals surface area contributed by atoms with Crippen LogP contribution in [-0.2, 0) is 4.74 Å². The predicted octanol–water partition coefficient (Wildman–Crippen LogP) is 4.09. The molecule has 0 amide bonds. The van der Waals surface area contributed by atoms with Crippen LogP contribution >= 0.6 is 11.6 Å². The van der Waals surface area contributed by atoms with Gasteiger partial charge in [-0.1, -0.05) is 37.3 Å². The van der Waals surface area contributed by atoms with Gasteiger partial charge in [0.25, 0.3) is 0 Å². The Morgan fingerprint density at radius 3 is 2.35 bits per heavy atom. The Morgan fingerprint density at radius 1 is 1.15 bits per heavy atom. The molecule has 112 valence electrons. The third-order valence-electron chi connectivity index (χ3n) is 4.45. The zero-order valence-electron chi connectivity index (χ0n) is 12.3. The lowest BCUT2D eigenvalue weighted by molar-refractivity contribution is -0.0446. The van der Waals surface area contributed by atoms with Crippen molar-refractivity contribution in [3.8, 4) is 5.75 Å². The lowest BCUT2D eigenvalue weighted by Crippen LogP contribution is -2.42. The molecule has 0 bridgehead atoms. The number of nitrogens with two attached hydrogens (primary N) is 1. The molecule has 1 fully saturated rings. The molecule has 3 nitrogen and oxygen atoms in total. The minimum atomic E-state index is -0.311. The van der Waals surface area contributed by atoms with Gasteiger partial charge in [0.15, 0.2) is 0 Å². The Hall–Kier alpha value is -0.770. The first-order valence-corrected chi connectivity index (χ1v) is 7.65. The Morgan fingerprint density at radius 2 is 1.80 bits per heavy atom. The van der Waals surface area contributed by atoms with Gasteiger partial charge in [0, 0.05) is 17.7 Å². The van der Waals surface area contributed by atoms with Gasteiger partial charge < -0.3 is 15.2 Å². The van der Waals surface area contributed by atoms with Gasteiger partial charge in [0.1, 0.15) is 5.75 Å². The summed E-state index contributed by atoms with van der Waals surface area (Å²) in [6.07, 6.45) is 6.80. The largest absolute Gasteiger partial charge is 0.496 e. The smallest absolute Gasteiger partial charge is 0.123 e. The molecule has 20 heavy (non-hydrogen) atoms. The van der Waals surface area contributed by atoms with E-state index in [0.717, 1.165) is 37.0 Å². The minimum Gasteiger partial charge on any atom is -0.496 e. The molecule has 0 saturated heterocycles. The number of hydrogen-bond acceptors (Lipinski definition) is 3. The molecule has 0 aliphatic heterocycles. The first-order valence-electron chi connectivity index (χ1n) is 7.27. The van der Waals surface area contributed by atoms with E-state index in [1.54, 1.807) is 14.2 Å². The molecule has 1 aromatic carbocycles. The van der Waals surface area contributed by atoms with Crippen LogP contribution in [0.25, 0.3) is 0 Å². The van der Waals surface area contributed by atoms with Crippen LogP contribution in [-0.4, -0.2) is 19.8 Å². The monoisotopic (exact) mass is 297 g/mol. The maximum atomic E-state index is 6.57. The summed E-state index contributed by atoms with van der Waals surface area (Å²) in [5.41, 5.74) is 7.19. The highest BCUT2D eigenvalue weighted by molar-refractivity contribution is 6.30. The van der Waals surface area contributed by atoms with Gasteiger partial charge in [-0.2, -0.15) is 0 Å². The predicted molar refractivity (Wildman–Crippen MR) is 82.4 cm³/mol. The van der Waals surface area contributed by atoms with E-state index >= 15 is 0 Å². The quantitative estimate of drug-likeness (QED) is 0.851. The fraction of sp³-hybridized carbons (Fsp3) is 0.625. The van der Waals surface area contributed by atoms with Crippen molar-refractivity contribution in [3.63, 3.8) is 0 Å². The van der Waals surface area contributed by atoms with Gasteiger partial charge >= 0.3 is 0 Å². The molecule has 0 radical (unpaired) electrons. The van der Waals surface area contributed by atoms with Crippen molar-refractivity contribution in [2.24, 2.45) is 5.73 Å². The van der Waals surface area contributed by atoms with E-state index < -0.39 is 0 Å². The van der Waals surface area contributed by atoms with Crippen LogP contribution in [0.2, 0.25) is 5.02 Å². The van der Waals surface area contributed by atoms with E-state index in [0.29, 0.717) is 5.02 Å². The van der Waals surface area contributed by atoms with Crippen LogP contribution in [0, 0.1) is 0 Å². The van der Waals surface area contributed by atoms with Gasteiger partial charge in [-0.15, -0.1) is 0 Å². The molecule has 2 rings (SSSR count). The third-order valence-corrected chi connectivity index (χ3v) is 4.69. The van der Waals surface area contributed by atoms with E-state index in [1.807, 2.05) is 18.2 Å². The number of benzene rings is 1. The number of hydrogen-bond donors (Lipinski definition) is 1. The summed E-state index contributed by atoms with van der Waals surface area (Å²) in [4.78, 5) is 0. The standard InChI is InChI=1S/C16H24ClNO2/c1-19-14-8-7-12(17)11-13(14)15(18)16(20-2)9-5-3-4-6-10-16/h7-8,11,15H,3-6,9-10,18H2,1-2H3. The number of methoxy groups -OCH3 is 2. The minimum absolute atomic E-state index is 0.223. The lowest BCUT2D eigenvalue weighted by atomic mass is 9.82. The second-order valence-electron chi connectivity index (χ2n) is 5.55.